The number of aryl methyl sites for hydroxylation is 2. The molecule has 3 aromatic heterocycles. The number of nitrogens with zero attached hydrogens (tertiary/aromatic N) is 4. The summed E-state index contributed by atoms with van der Waals surface area (Å²) in [5.74, 6) is 1.10. The molecule has 1 fully saturated rings. The van der Waals surface area contributed by atoms with E-state index in [1.165, 1.54) is 0 Å². The van der Waals surface area contributed by atoms with Crippen LogP contribution in [0.25, 0.3) is 16.6 Å². The van der Waals surface area contributed by atoms with Gasteiger partial charge in [0, 0.05) is 29.6 Å². The van der Waals surface area contributed by atoms with E-state index in [0.717, 1.165) is 52.1 Å². The molecule has 1 saturated heterocycles. The smallest absolute Gasteiger partial charge is 0.221 e. The van der Waals surface area contributed by atoms with Crippen LogP contribution in [0.4, 0.5) is 11.4 Å². The van der Waals surface area contributed by atoms with Crippen molar-refractivity contribution >= 4 is 22.7 Å². The highest BCUT2D eigenvalue weighted by atomic mass is 16.5. The molecular formula is C29H36N6O3. The van der Waals surface area contributed by atoms with Gasteiger partial charge in [0.05, 0.1) is 48.4 Å². The molecule has 200 valence electrons. The van der Waals surface area contributed by atoms with Crippen molar-refractivity contribution in [1.82, 2.24) is 14.6 Å². The normalized spacial score (nSPS) is 15.3. The number of phenols is 1. The van der Waals surface area contributed by atoms with E-state index in [1.54, 1.807) is 31.5 Å². The van der Waals surface area contributed by atoms with Crippen LogP contribution in [-0.2, 0) is 11.2 Å². The lowest BCUT2D eigenvalue weighted by molar-refractivity contribution is 0.195. The molecule has 4 heterocycles. The van der Waals surface area contributed by atoms with Crippen LogP contribution in [0.1, 0.15) is 44.0 Å². The van der Waals surface area contributed by atoms with Gasteiger partial charge in [-0.1, -0.05) is 20.8 Å². The minimum Gasteiger partial charge on any atom is -0.508 e. The molecule has 0 bridgehead atoms. The number of aliphatic imine (C=N–C) groups is 1. The van der Waals surface area contributed by atoms with Crippen LogP contribution in [-0.4, -0.2) is 51.9 Å². The van der Waals surface area contributed by atoms with E-state index < -0.39 is 0 Å². The number of amidine groups is 1. The monoisotopic (exact) mass is 516 g/mol. The Labute approximate surface area is 223 Å². The fourth-order valence-corrected chi connectivity index (χ4v) is 4.46. The molecule has 1 atom stereocenters. The van der Waals surface area contributed by atoms with Crippen LogP contribution in [0.15, 0.2) is 53.8 Å². The zero-order chi connectivity index (χ0) is 27.2. The van der Waals surface area contributed by atoms with Gasteiger partial charge in [0.15, 0.2) is 0 Å². The van der Waals surface area contributed by atoms with E-state index in [4.69, 9.17) is 20.2 Å². The molecule has 9 nitrogen and oxygen atoms in total. The highest BCUT2D eigenvalue weighted by Crippen LogP contribution is 2.34. The Kier molecular flexibility index (Phi) is 8.48. The van der Waals surface area contributed by atoms with E-state index in [9.17, 15) is 5.11 Å². The number of fused-ring (bicyclic) bond motifs is 1. The van der Waals surface area contributed by atoms with Gasteiger partial charge in [-0.25, -0.2) is 14.5 Å². The van der Waals surface area contributed by atoms with Crippen molar-refractivity contribution in [3.8, 4) is 22.8 Å². The van der Waals surface area contributed by atoms with Crippen molar-refractivity contribution in [1.29, 1.82) is 0 Å². The molecule has 0 amide bonds. The van der Waals surface area contributed by atoms with Gasteiger partial charge in [0.2, 0.25) is 5.88 Å². The van der Waals surface area contributed by atoms with Crippen LogP contribution in [0.2, 0.25) is 0 Å². The number of pyridine rings is 1. The van der Waals surface area contributed by atoms with Gasteiger partial charge in [-0.15, -0.1) is 0 Å². The number of anilines is 1. The fraction of sp³-hybridized carbons (Fsp3) is 0.345. The molecule has 1 aliphatic rings. The first-order valence-corrected chi connectivity index (χ1v) is 13.0. The van der Waals surface area contributed by atoms with E-state index >= 15 is 0 Å². The molecule has 38 heavy (non-hydrogen) atoms. The van der Waals surface area contributed by atoms with Gasteiger partial charge < -0.3 is 25.6 Å². The predicted octanol–water partition coefficient (Wildman–Crippen LogP) is 5.25. The van der Waals surface area contributed by atoms with Crippen molar-refractivity contribution in [2.75, 3.05) is 25.6 Å². The first-order chi connectivity index (χ1) is 18.5. The number of hydrogen-bond donors (Lipinski definition) is 3. The summed E-state index contributed by atoms with van der Waals surface area (Å²) in [4.78, 5) is 9.24. The molecule has 1 aliphatic heterocycles. The summed E-state index contributed by atoms with van der Waals surface area (Å²) in [6.07, 6.45) is 5.29. The second kappa shape index (κ2) is 12.0. The molecule has 4 N–H and O–H groups in total. The van der Waals surface area contributed by atoms with Gasteiger partial charge in [-0.3, -0.25) is 0 Å². The van der Waals surface area contributed by atoms with Crippen molar-refractivity contribution in [2.45, 2.75) is 46.6 Å². The molecule has 1 unspecified atom stereocenters. The summed E-state index contributed by atoms with van der Waals surface area (Å²) in [5.41, 5.74) is 13.3. The Bertz CT molecular complexity index is 1440. The maximum Gasteiger partial charge on any atom is 0.221 e. The van der Waals surface area contributed by atoms with Gasteiger partial charge in [-0.2, -0.15) is 5.10 Å². The maximum absolute atomic E-state index is 9.86. The minimum absolute atomic E-state index is 0.150. The lowest BCUT2D eigenvalue weighted by Gasteiger charge is -2.17. The molecule has 4 aromatic rings. The SMILES string of the molecule is CC.CCc1cc(O)ccc1N=C(N)c1cnn2cc(-c3ccc(C)nc3OC)cc2c1NC1CCOC1. The third-order valence-corrected chi connectivity index (χ3v) is 6.38. The third-order valence-electron chi connectivity index (χ3n) is 6.38. The van der Waals surface area contributed by atoms with Crippen LogP contribution in [0.3, 0.4) is 0 Å². The Morgan fingerprint density at radius 3 is 2.79 bits per heavy atom. The molecule has 0 aliphatic carbocycles. The molecule has 0 radical (unpaired) electrons. The Morgan fingerprint density at radius 2 is 2.08 bits per heavy atom. The standard InChI is InChI=1S/C27H30N6O3.C2H6/c1-4-17-11-20(34)6-8-23(17)32-26(28)22-13-29-33-14-18(21-7-5-16(2)30-27(21)35-3)12-24(33)25(22)31-19-9-10-36-15-19;1-2/h5-8,11-14,19,31,34H,4,9-10,15H2,1-3H3,(H2,28,32);1-2H3. The van der Waals surface area contributed by atoms with Gasteiger partial charge in [-0.05, 0) is 61.7 Å². The predicted molar refractivity (Wildman–Crippen MR) is 152 cm³/mol. The molecule has 5 rings (SSSR count). The second-order valence-corrected chi connectivity index (χ2v) is 8.87. The van der Waals surface area contributed by atoms with Crippen LogP contribution in [0.5, 0.6) is 11.6 Å². The average Bonchev–Trinajstić information content (AvgIpc) is 3.61. The van der Waals surface area contributed by atoms with Crippen molar-refractivity contribution in [3.63, 3.8) is 0 Å². The first kappa shape index (κ1) is 26.9. The quantitative estimate of drug-likeness (QED) is 0.227. The summed E-state index contributed by atoms with van der Waals surface area (Å²) in [7, 11) is 1.62. The molecule has 1 aromatic carbocycles. The van der Waals surface area contributed by atoms with E-state index in [1.807, 2.05) is 50.5 Å². The maximum atomic E-state index is 9.86. The van der Waals surface area contributed by atoms with Crippen molar-refractivity contribution < 1.29 is 14.6 Å². The highest BCUT2D eigenvalue weighted by molar-refractivity contribution is 6.06. The zero-order valence-corrected chi connectivity index (χ0v) is 22.7. The Morgan fingerprint density at radius 1 is 1.26 bits per heavy atom. The largest absolute Gasteiger partial charge is 0.508 e. The molecular weight excluding hydrogens is 480 g/mol. The molecule has 0 saturated carbocycles. The number of ether oxygens (including phenoxy) is 2. The summed E-state index contributed by atoms with van der Waals surface area (Å²) < 4.78 is 13.0. The minimum atomic E-state index is 0.150. The number of hydrogen-bond acceptors (Lipinski definition) is 7. The van der Waals surface area contributed by atoms with Crippen molar-refractivity contribution in [2.24, 2.45) is 10.7 Å². The lowest BCUT2D eigenvalue weighted by atomic mass is 10.1. The molecule has 9 heteroatoms. The second-order valence-electron chi connectivity index (χ2n) is 8.87. The number of phenolic OH excluding ortho intramolecular Hbond substituents is 1. The lowest BCUT2D eigenvalue weighted by Crippen LogP contribution is -2.24. The van der Waals surface area contributed by atoms with E-state index in [0.29, 0.717) is 30.5 Å². The number of aromatic nitrogens is 3. The van der Waals surface area contributed by atoms with Crippen LogP contribution in [0, 0.1) is 6.92 Å². The topological polar surface area (TPSA) is 119 Å². The number of rotatable bonds is 7. The first-order valence-electron chi connectivity index (χ1n) is 13.0. The molecule has 0 spiro atoms. The van der Waals surface area contributed by atoms with E-state index in [2.05, 4.69) is 21.5 Å². The van der Waals surface area contributed by atoms with Crippen molar-refractivity contribution in [3.05, 3.63) is 65.6 Å². The number of nitrogens with one attached hydrogen (secondary N) is 1. The van der Waals surface area contributed by atoms with Gasteiger partial charge in [0.1, 0.15) is 11.6 Å². The van der Waals surface area contributed by atoms with E-state index in [-0.39, 0.29) is 11.8 Å². The summed E-state index contributed by atoms with van der Waals surface area (Å²) in [6.45, 7) is 9.28. The van der Waals surface area contributed by atoms with Gasteiger partial charge >= 0.3 is 0 Å². The Balaban J connectivity index is 0.00000164. The van der Waals surface area contributed by atoms with Crippen LogP contribution >= 0.6 is 0 Å². The zero-order valence-electron chi connectivity index (χ0n) is 22.7. The van der Waals surface area contributed by atoms with Gasteiger partial charge in [0.25, 0.3) is 0 Å². The average molecular weight is 517 g/mol. The third kappa shape index (κ3) is 5.57. The summed E-state index contributed by atoms with van der Waals surface area (Å²) in [5, 5.41) is 18.1. The highest BCUT2D eigenvalue weighted by Gasteiger charge is 2.22. The summed E-state index contributed by atoms with van der Waals surface area (Å²) in [6, 6.07) is 11.3. The number of aromatic hydroxyl groups is 1. The Hall–Kier alpha value is -4.11. The fourth-order valence-electron chi connectivity index (χ4n) is 4.46. The summed E-state index contributed by atoms with van der Waals surface area (Å²) >= 11 is 0. The number of methoxy groups -OCH3 is 1. The number of nitrogens with two attached hydrogens (primary N) is 1. The number of benzene rings is 1. The van der Waals surface area contributed by atoms with Crippen LogP contribution < -0.4 is 15.8 Å².